The van der Waals surface area contributed by atoms with Crippen LogP contribution < -0.4 is 0 Å². The molecule has 1 heteroatoms. The summed E-state index contributed by atoms with van der Waals surface area (Å²) >= 11 is 2.01. The molecule has 0 saturated carbocycles. The van der Waals surface area contributed by atoms with Crippen LogP contribution in [-0.4, -0.2) is 5.75 Å². The van der Waals surface area contributed by atoms with Crippen molar-refractivity contribution in [2.45, 2.75) is 27.7 Å². The third-order valence-electron chi connectivity index (χ3n) is 2.97. The van der Waals surface area contributed by atoms with Gasteiger partial charge in [0.05, 0.1) is 0 Å². The summed E-state index contributed by atoms with van der Waals surface area (Å²) in [5.41, 5.74) is 4.67. The van der Waals surface area contributed by atoms with Crippen LogP contribution in [-0.2, 0) is 0 Å². The molecule has 2 aliphatic rings. The van der Waals surface area contributed by atoms with Gasteiger partial charge in [0.15, 0.2) is 0 Å². The molecular weight excluding hydrogens is 188 g/mol. The third kappa shape index (κ3) is 1.58. The first-order valence-corrected chi connectivity index (χ1v) is 6.37. The van der Waals surface area contributed by atoms with E-state index in [0.717, 1.165) is 0 Å². The van der Waals surface area contributed by atoms with Gasteiger partial charge in [-0.2, -0.15) is 0 Å². The lowest BCUT2D eigenvalue weighted by atomic mass is 9.99. The molecule has 0 nitrogen and oxygen atoms in total. The topological polar surface area (TPSA) is 0 Å². The molecule has 0 aromatic heterocycles. The lowest BCUT2D eigenvalue weighted by Gasteiger charge is -2.07. The van der Waals surface area contributed by atoms with E-state index in [-0.39, 0.29) is 0 Å². The summed E-state index contributed by atoms with van der Waals surface area (Å²) in [4.78, 5) is 1.51. The molecule has 14 heavy (non-hydrogen) atoms. The van der Waals surface area contributed by atoms with Gasteiger partial charge in [-0.25, -0.2) is 0 Å². The molecule has 0 bridgehead atoms. The molecule has 76 valence electrons. The van der Waals surface area contributed by atoms with E-state index in [0.29, 0.717) is 11.8 Å². The van der Waals surface area contributed by atoms with Crippen molar-refractivity contribution in [3.8, 4) is 0 Å². The lowest BCUT2D eigenvalue weighted by molar-refractivity contribution is 0.769. The van der Waals surface area contributed by atoms with Crippen LogP contribution in [0.25, 0.3) is 0 Å². The Kier molecular flexibility index (Phi) is 2.61. The summed E-state index contributed by atoms with van der Waals surface area (Å²) in [7, 11) is 0. The zero-order valence-corrected chi connectivity index (χ0v) is 10.2. The van der Waals surface area contributed by atoms with Crippen molar-refractivity contribution in [2.24, 2.45) is 11.8 Å². The molecule has 0 amide bonds. The van der Waals surface area contributed by atoms with E-state index in [1.54, 1.807) is 5.57 Å². The van der Waals surface area contributed by atoms with Gasteiger partial charge < -0.3 is 0 Å². The van der Waals surface area contributed by atoms with E-state index in [9.17, 15) is 0 Å². The number of hydrogen-bond donors (Lipinski definition) is 0. The fourth-order valence-electron chi connectivity index (χ4n) is 1.92. The maximum absolute atomic E-state index is 2.40. The van der Waals surface area contributed by atoms with Crippen LogP contribution in [0.3, 0.4) is 0 Å². The van der Waals surface area contributed by atoms with Gasteiger partial charge in [-0.3, -0.25) is 0 Å². The van der Waals surface area contributed by atoms with E-state index in [1.807, 2.05) is 11.8 Å². The first-order chi connectivity index (χ1) is 6.59. The first kappa shape index (κ1) is 10.1. The molecule has 0 atom stereocenters. The van der Waals surface area contributed by atoms with Crippen molar-refractivity contribution in [3.63, 3.8) is 0 Å². The first-order valence-electron chi connectivity index (χ1n) is 5.39. The van der Waals surface area contributed by atoms with E-state index in [1.165, 1.54) is 21.8 Å². The van der Waals surface area contributed by atoms with Crippen LogP contribution in [0.1, 0.15) is 27.7 Å². The molecule has 0 N–H and O–H groups in total. The van der Waals surface area contributed by atoms with Crippen molar-refractivity contribution >= 4 is 11.8 Å². The Hall–Kier alpha value is -0.430. The van der Waals surface area contributed by atoms with E-state index in [2.05, 4.69) is 39.8 Å². The summed E-state index contributed by atoms with van der Waals surface area (Å²) in [5.74, 6) is 2.57. The van der Waals surface area contributed by atoms with E-state index >= 15 is 0 Å². The van der Waals surface area contributed by atoms with Gasteiger partial charge in [0.2, 0.25) is 0 Å². The fourth-order valence-corrected chi connectivity index (χ4v) is 3.29. The number of hydrogen-bond acceptors (Lipinski definition) is 1. The Morgan fingerprint density at radius 2 is 1.79 bits per heavy atom. The predicted octanol–water partition coefficient (Wildman–Crippen LogP) is 4.17. The Morgan fingerprint density at radius 1 is 1.07 bits per heavy atom. The quantitative estimate of drug-likeness (QED) is 0.653. The zero-order chi connectivity index (χ0) is 10.3. The molecule has 1 aliphatic heterocycles. The van der Waals surface area contributed by atoms with Crippen molar-refractivity contribution in [1.82, 2.24) is 0 Å². The van der Waals surface area contributed by atoms with Gasteiger partial charge in [0.1, 0.15) is 0 Å². The predicted molar refractivity (Wildman–Crippen MR) is 65.3 cm³/mol. The average Bonchev–Trinajstić information content (AvgIpc) is 2.58. The molecule has 0 radical (unpaired) electrons. The molecule has 0 unspecified atom stereocenters. The van der Waals surface area contributed by atoms with Crippen molar-refractivity contribution < 1.29 is 0 Å². The van der Waals surface area contributed by atoms with Crippen molar-refractivity contribution in [1.29, 1.82) is 0 Å². The van der Waals surface area contributed by atoms with E-state index < -0.39 is 0 Å². The highest BCUT2D eigenvalue weighted by Crippen LogP contribution is 2.45. The Bertz CT molecular complexity index is 340. The SMILES string of the molecule is CC(C)C1=CC2=C(C(C)C)CSC2=C1. The average molecular weight is 206 g/mol. The smallest absolute Gasteiger partial charge is 0.0202 e. The zero-order valence-electron chi connectivity index (χ0n) is 9.42. The number of fused-ring (bicyclic) bond motifs is 1. The Labute approximate surface area is 91.2 Å². The molecule has 0 aromatic rings. The van der Waals surface area contributed by atoms with Crippen molar-refractivity contribution in [3.05, 3.63) is 33.8 Å². The number of thioether (sulfide) groups is 1. The highest BCUT2D eigenvalue weighted by molar-refractivity contribution is 8.03. The molecule has 1 heterocycles. The van der Waals surface area contributed by atoms with Gasteiger partial charge in [-0.05, 0) is 34.6 Å². The largest absolute Gasteiger partial charge is 0.121 e. The normalized spacial score (nSPS) is 20.7. The minimum absolute atomic E-state index is 0.662. The maximum atomic E-state index is 2.40. The second-order valence-corrected chi connectivity index (χ2v) is 5.71. The van der Waals surface area contributed by atoms with Crippen LogP contribution in [0.4, 0.5) is 0 Å². The summed E-state index contributed by atoms with van der Waals surface area (Å²) in [6.07, 6.45) is 4.77. The maximum Gasteiger partial charge on any atom is 0.0202 e. The standard InChI is InChI=1S/C13H18S/c1-8(2)10-5-11-12(9(3)4)7-14-13(11)6-10/h5-6,8-9H,7H2,1-4H3. The molecule has 0 aromatic carbocycles. The third-order valence-corrected chi connectivity index (χ3v) is 4.07. The second-order valence-electron chi connectivity index (χ2n) is 4.69. The summed E-state index contributed by atoms with van der Waals surface area (Å²) in [6.45, 7) is 9.13. The fraction of sp³-hybridized carbons (Fsp3) is 0.538. The van der Waals surface area contributed by atoms with Crippen LogP contribution in [0.15, 0.2) is 33.8 Å². The molecule has 0 fully saturated rings. The van der Waals surface area contributed by atoms with Crippen LogP contribution in [0.5, 0.6) is 0 Å². The molecule has 1 aliphatic carbocycles. The monoisotopic (exact) mass is 206 g/mol. The Balaban J connectivity index is 2.37. The van der Waals surface area contributed by atoms with Gasteiger partial charge in [-0.15, -0.1) is 11.8 Å². The minimum atomic E-state index is 0.662. The van der Waals surface area contributed by atoms with E-state index in [4.69, 9.17) is 0 Å². The van der Waals surface area contributed by atoms with Gasteiger partial charge in [-0.1, -0.05) is 33.8 Å². The van der Waals surface area contributed by atoms with Crippen molar-refractivity contribution in [2.75, 3.05) is 5.75 Å². The summed E-state index contributed by atoms with van der Waals surface area (Å²) in [5, 5.41) is 0. The summed E-state index contributed by atoms with van der Waals surface area (Å²) in [6, 6.07) is 0. The molecular formula is C13H18S. The number of allylic oxidation sites excluding steroid dienone is 4. The van der Waals surface area contributed by atoms with Gasteiger partial charge in [0.25, 0.3) is 0 Å². The summed E-state index contributed by atoms with van der Waals surface area (Å²) < 4.78 is 0. The van der Waals surface area contributed by atoms with Gasteiger partial charge in [0, 0.05) is 10.7 Å². The van der Waals surface area contributed by atoms with Gasteiger partial charge >= 0.3 is 0 Å². The van der Waals surface area contributed by atoms with Crippen LogP contribution in [0, 0.1) is 11.8 Å². The minimum Gasteiger partial charge on any atom is -0.121 e. The Morgan fingerprint density at radius 3 is 2.36 bits per heavy atom. The van der Waals surface area contributed by atoms with Crippen LogP contribution in [0.2, 0.25) is 0 Å². The molecule has 2 rings (SSSR count). The highest BCUT2D eigenvalue weighted by Gasteiger charge is 2.25. The van der Waals surface area contributed by atoms with Crippen LogP contribution >= 0.6 is 11.8 Å². The molecule has 0 spiro atoms. The lowest BCUT2D eigenvalue weighted by Crippen LogP contribution is -1.95. The number of rotatable bonds is 2. The molecule has 0 saturated heterocycles. The second kappa shape index (κ2) is 3.62. The highest BCUT2D eigenvalue weighted by atomic mass is 32.2.